The van der Waals surface area contributed by atoms with E-state index in [1.165, 1.54) is 179 Å². The zero-order valence-electron chi connectivity index (χ0n) is 31.5. The van der Waals surface area contributed by atoms with Crippen molar-refractivity contribution in [3.63, 3.8) is 0 Å². The van der Waals surface area contributed by atoms with Gasteiger partial charge in [0.2, 0.25) is 0 Å². The van der Waals surface area contributed by atoms with Crippen LogP contribution in [0, 0.1) is 11.8 Å². The molecule has 4 heterocycles. The molecule has 0 amide bonds. The predicted octanol–water partition coefficient (Wildman–Crippen LogP) is 16.3. The monoisotopic (exact) mass is 795 g/mol. The summed E-state index contributed by atoms with van der Waals surface area (Å²) in [6.07, 6.45) is 32.0. The van der Waals surface area contributed by atoms with Crippen LogP contribution in [0.1, 0.15) is 180 Å². The third kappa shape index (κ3) is 10.6. The maximum absolute atomic E-state index is 4.73. The minimum absolute atomic E-state index is 0.783. The largest absolute Gasteiger partial charge is 0.246 e. The normalized spacial score (nSPS) is 12.6. The number of hydrogen-bond acceptors (Lipinski definition) is 6. The van der Waals surface area contributed by atoms with E-state index in [-0.39, 0.29) is 0 Å². The fraction of sp³-hybridized carbons (Fsp3) is 0.651. The topological polar surface area (TPSA) is 38.7 Å². The Kier molecular flexibility index (Phi) is 17.0. The van der Waals surface area contributed by atoms with Crippen molar-refractivity contribution < 1.29 is 0 Å². The van der Waals surface area contributed by atoms with E-state index >= 15 is 0 Å². The Bertz CT molecular complexity index is 1560. The second-order valence-electron chi connectivity index (χ2n) is 15.0. The lowest BCUT2D eigenvalue weighted by atomic mass is 9.80. The van der Waals surface area contributed by atoms with Gasteiger partial charge < -0.3 is 0 Å². The number of hydrogen-bond donors (Lipinski definition) is 0. The Labute approximate surface area is 324 Å². The van der Waals surface area contributed by atoms with Crippen LogP contribution in [0.2, 0.25) is 0 Å². The maximum Gasteiger partial charge on any atom is 0.138 e. The molecule has 0 fully saturated rings. The summed E-state index contributed by atoms with van der Waals surface area (Å²) in [5, 5.41) is 2.34. The minimum Gasteiger partial charge on any atom is -0.246 e. The number of rotatable bonds is 25. The Hall–Kier alpha value is -1.41. The van der Waals surface area contributed by atoms with Crippen molar-refractivity contribution in [3.05, 3.63) is 45.0 Å². The lowest BCUT2D eigenvalue weighted by Gasteiger charge is -2.25. The first-order valence-corrected chi connectivity index (χ1v) is 23.5. The van der Waals surface area contributed by atoms with Gasteiger partial charge in [0.25, 0.3) is 0 Å². The van der Waals surface area contributed by atoms with Gasteiger partial charge in [-0.25, -0.2) is 4.98 Å². The first-order chi connectivity index (χ1) is 24.6. The first kappa shape index (κ1) is 39.8. The zero-order chi connectivity index (χ0) is 35.1. The van der Waals surface area contributed by atoms with Gasteiger partial charge in [0.15, 0.2) is 0 Å². The summed E-state index contributed by atoms with van der Waals surface area (Å²) in [6.45, 7) is 9.38. The number of unbranched alkanes of at least 4 members (excludes halogenated alkanes) is 12. The predicted molar refractivity (Wildman–Crippen MR) is 227 cm³/mol. The van der Waals surface area contributed by atoms with E-state index in [0.29, 0.717) is 0 Å². The van der Waals surface area contributed by atoms with Crippen LogP contribution in [0.5, 0.6) is 0 Å². The van der Waals surface area contributed by atoms with E-state index in [9.17, 15) is 0 Å². The highest BCUT2D eigenvalue weighted by Gasteiger charge is 2.32. The molecule has 1 aliphatic rings. The highest BCUT2D eigenvalue weighted by molar-refractivity contribution is 9.10. The molecule has 0 aliphatic heterocycles. The highest BCUT2D eigenvalue weighted by atomic mass is 79.9. The molecule has 0 unspecified atom stereocenters. The van der Waals surface area contributed by atoms with Crippen molar-refractivity contribution in [2.24, 2.45) is 11.8 Å². The molecule has 0 atom stereocenters. The van der Waals surface area contributed by atoms with E-state index in [4.69, 9.17) is 9.36 Å². The van der Waals surface area contributed by atoms with E-state index < -0.39 is 0 Å². The molecule has 0 spiro atoms. The van der Waals surface area contributed by atoms with Crippen molar-refractivity contribution in [1.29, 1.82) is 0 Å². The van der Waals surface area contributed by atoms with Crippen LogP contribution in [0.15, 0.2) is 33.9 Å². The SMILES string of the molecule is CCCCCCC(CCCCCC)CC(CC(CCCCCC)CCCCCC)=C1c2ccsc2-c2sc(-c3cnc(Br)c4nsnc34)cc21. The van der Waals surface area contributed by atoms with E-state index in [0.717, 1.165) is 33.0 Å². The summed E-state index contributed by atoms with van der Waals surface area (Å²) in [5.41, 5.74) is 9.31. The second-order valence-corrected chi connectivity index (χ2v) is 18.2. The summed E-state index contributed by atoms with van der Waals surface area (Å²) in [7, 11) is 0. The highest BCUT2D eigenvalue weighted by Crippen LogP contribution is 2.55. The molecular formula is C43H62BrN3S3. The van der Waals surface area contributed by atoms with Gasteiger partial charge >= 0.3 is 0 Å². The number of pyridine rings is 1. The fourth-order valence-electron chi connectivity index (χ4n) is 8.13. The van der Waals surface area contributed by atoms with Gasteiger partial charge in [0, 0.05) is 27.8 Å². The number of thiophene rings is 2. The van der Waals surface area contributed by atoms with Crippen LogP contribution >= 0.6 is 50.3 Å². The smallest absolute Gasteiger partial charge is 0.138 e. The van der Waals surface area contributed by atoms with Crippen LogP contribution in [0.4, 0.5) is 0 Å². The molecular weight excluding hydrogens is 735 g/mol. The third-order valence-corrected chi connectivity index (χ3v) is 14.3. The molecule has 7 heteroatoms. The number of halogens is 1. The van der Waals surface area contributed by atoms with Crippen molar-refractivity contribution >= 4 is 66.9 Å². The number of fused-ring (bicyclic) bond motifs is 4. The van der Waals surface area contributed by atoms with E-state index in [1.54, 1.807) is 11.1 Å². The van der Waals surface area contributed by atoms with Crippen molar-refractivity contribution in [2.45, 2.75) is 169 Å². The molecule has 3 nitrogen and oxygen atoms in total. The van der Waals surface area contributed by atoms with Crippen molar-refractivity contribution in [3.8, 4) is 20.2 Å². The summed E-state index contributed by atoms with van der Waals surface area (Å²) < 4.78 is 10.1. The standard InChI is InChI=1S/C43H62BrN3S3/c1-5-9-13-17-21-31(22-18-14-10-6-2)27-33(28-32(23-19-15-11-7-3)24-20-16-12-8-4)38-34-25-26-48-41(34)42-35(38)29-37(49-42)36-30-45-43(44)40-39(36)46-50-47-40/h25-26,29-32H,5-24,27-28H2,1-4H3. The fourth-order valence-corrected chi connectivity index (χ4v) is 11.4. The number of nitrogens with zero attached hydrogens (tertiary/aromatic N) is 3. The maximum atomic E-state index is 4.73. The second kappa shape index (κ2) is 21.3. The van der Waals surface area contributed by atoms with Crippen LogP contribution < -0.4 is 0 Å². The Morgan fingerprint density at radius 2 is 1.18 bits per heavy atom. The molecule has 0 saturated carbocycles. The van der Waals surface area contributed by atoms with Gasteiger partial charge in [-0.2, -0.15) is 8.75 Å². The van der Waals surface area contributed by atoms with Gasteiger partial charge in [-0.05, 0) is 63.7 Å². The summed E-state index contributed by atoms with van der Waals surface area (Å²) in [4.78, 5) is 8.90. The molecule has 0 aromatic carbocycles. The number of aromatic nitrogens is 3. The van der Waals surface area contributed by atoms with E-state index in [1.807, 2.05) is 28.9 Å². The quantitative estimate of drug-likeness (QED) is 0.0436. The summed E-state index contributed by atoms with van der Waals surface area (Å²) >= 11 is 8.77. The number of allylic oxidation sites excluding steroid dienone is 1. The molecule has 0 bridgehead atoms. The van der Waals surface area contributed by atoms with Crippen LogP contribution in [-0.4, -0.2) is 13.7 Å². The lowest BCUT2D eigenvalue weighted by Crippen LogP contribution is -2.10. The van der Waals surface area contributed by atoms with Gasteiger partial charge in [-0.15, -0.1) is 22.7 Å². The average molecular weight is 797 g/mol. The molecule has 0 saturated heterocycles. The van der Waals surface area contributed by atoms with Crippen LogP contribution in [-0.2, 0) is 0 Å². The van der Waals surface area contributed by atoms with E-state index in [2.05, 4.69) is 65.5 Å². The molecule has 4 aromatic heterocycles. The Morgan fingerprint density at radius 1 is 0.640 bits per heavy atom. The Balaban J connectivity index is 1.55. The lowest BCUT2D eigenvalue weighted by molar-refractivity contribution is 0.370. The minimum atomic E-state index is 0.783. The van der Waals surface area contributed by atoms with Gasteiger partial charge in [0.1, 0.15) is 15.6 Å². The molecule has 274 valence electrons. The summed E-state index contributed by atoms with van der Waals surface area (Å²) in [5.74, 6) is 1.57. The molecule has 5 rings (SSSR count). The van der Waals surface area contributed by atoms with Crippen molar-refractivity contribution in [1.82, 2.24) is 13.7 Å². The third-order valence-electron chi connectivity index (χ3n) is 10.9. The Morgan fingerprint density at radius 3 is 1.72 bits per heavy atom. The van der Waals surface area contributed by atoms with Crippen LogP contribution in [0.3, 0.4) is 0 Å². The average Bonchev–Trinajstić information content (AvgIpc) is 3.92. The van der Waals surface area contributed by atoms with Crippen LogP contribution in [0.25, 0.3) is 36.8 Å². The molecule has 0 N–H and O–H groups in total. The first-order valence-electron chi connectivity index (χ1n) is 20.3. The summed E-state index contributed by atoms with van der Waals surface area (Å²) in [6, 6.07) is 4.95. The molecule has 4 aromatic rings. The van der Waals surface area contributed by atoms with Gasteiger partial charge in [0.05, 0.1) is 21.5 Å². The molecule has 1 aliphatic carbocycles. The molecule has 50 heavy (non-hydrogen) atoms. The van der Waals surface area contributed by atoms with Gasteiger partial charge in [-0.3, -0.25) is 0 Å². The zero-order valence-corrected chi connectivity index (χ0v) is 35.5. The van der Waals surface area contributed by atoms with Crippen molar-refractivity contribution in [2.75, 3.05) is 0 Å². The van der Waals surface area contributed by atoms with Gasteiger partial charge in [-0.1, -0.05) is 162 Å². The molecule has 0 radical (unpaired) electrons.